The number of esters is 1. The molecule has 29 heavy (non-hydrogen) atoms. The van der Waals surface area contributed by atoms with Crippen molar-refractivity contribution in [1.29, 1.82) is 0 Å². The van der Waals surface area contributed by atoms with E-state index >= 15 is 0 Å². The summed E-state index contributed by atoms with van der Waals surface area (Å²) in [5, 5.41) is 0.848. The maximum absolute atomic E-state index is 12.4. The van der Waals surface area contributed by atoms with Gasteiger partial charge in [0.1, 0.15) is 17.2 Å². The van der Waals surface area contributed by atoms with E-state index < -0.39 is 17.3 Å². The van der Waals surface area contributed by atoms with Crippen molar-refractivity contribution in [2.24, 2.45) is 0 Å². The topological polar surface area (TPSA) is 59.8 Å². The summed E-state index contributed by atoms with van der Waals surface area (Å²) in [5.41, 5.74) is 3.20. The fourth-order valence-electron chi connectivity index (χ4n) is 3.24. The lowest BCUT2D eigenvalue weighted by molar-refractivity contribution is -0.155. The number of aryl methyl sites for hydroxylation is 1. The highest BCUT2D eigenvalue weighted by atomic mass is 16.6. The first-order chi connectivity index (χ1) is 13.6. The highest BCUT2D eigenvalue weighted by Gasteiger charge is 2.25. The molecule has 0 spiro atoms. The lowest BCUT2D eigenvalue weighted by Gasteiger charge is -2.29. The Kier molecular flexibility index (Phi) is 5.51. The van der Waals surface area contributed by atoms with E-state index in [9.17, 15) is 9.59 Å². The first-order valence-corrected chi connectivity index (χ1v) is 9.66. The number of hydrogen-bond donors (Lipinski definition) is 0. The van der Waals surface area contributed by atoms with Gasteiger partial charge in [0.05, 0.1) is 0 Å². The van der Waals surface area contributed by atoms with Gasteiger partial charge in [0, 0.05) is 35.8 Å². The van der Waals surface area contributed by atoms with Crippen LogP contribution in [-0.2, 0) is 9.53 Å². The highest BCUT2D eigenvalue weighted by Crippen LogP contribution is 2.32. The van der Waals surface area contributed by atoms with Crippen LogP contribution in [0.4, 0.5) is 5.69 Å². The molecule has 0 N–H and O–H groups in total. The van der Waals surface area contributed by atoms with Crippen molar-refractivity contribution in [3.63, 3.8) is 0 Å². The Hall–Kier alpha value is -3.08. The number of rotatable bonds is 4. The third-order valence-corrected chi connectivity index (χ3v) is 4.90. The number of hydrogen-bond acceptors (Lipinski definition) is 5. The Balaban J connectivity index is 2.02. The van der Waals surface area contributed by atoms with E-state index in [4.69, 9.17) is 9.15 Å². The van der Waals surface area contributed by atoms with Gasteiger partial charge in [-0.3, -0.25) is 0 Å². The van der Waals surface area contributed by atoms with Crippen LogP contribution in [0.3, 0.4) is 0 Å². The summed E-state index contributed by atoms with van der Waals surface area (Å²) in [4.78, 5) is 26.5. The summed E-state index contributed by atoms with van der Waals surface area (Å²) < 4.78 is 11.0. The van der Waals surface area contributed by atoms with Gasteiger partial charge in [0.15, 0.2) is 0 Å². The van der Waals surface area contributed by atoms with E-state index in [1.54, 1.807) is 13.0 Å². The van der Waals surface area contributed by atoms with Gasteiger partial charge < -0.3 is 14.1 Å². The molecule has 0 aliphatic carbocycles. The lowest BCUT2D eigenvalue weighted by atomic mass is 9.98. The highest BCUT2D eigenvalue weighted by molar-refractivity contribution is 5.95. The van der Waals surface area contributed by atoms with Gasteiger partial charge in [-0.05, 0) is 57.9 Å². The van der Waals surface area contributed by atoms with Gasteiger partial charge in [-0.25, -0.2) is 9.59 Å². The normalized spacial score (nSPS) is 12.6. The largest absolute Gasteiger partial charge is 0.458 e. The van der Waals surface area contributed by atoms with Crippen molar-refractivity contribution in [1.82, 2.24) is 0 Å². The molecule has 1 aromatic heterocycles. The Morgan fingerprint density at radius 2 is 1.76 bits per heavy atom. The van der Waals surface area contributed by atoms with Gasteiger partial charge in [0.2, 0.25) is 0 Å². The van der Waals surface area contributed by atoms with Crippen LogP contribution in [0.1, 0.15) is 33.3 Å². The van der Waals surface area contributed by atoms with Crippen LogP contribution in [0.5, 0.6) is 0 Å². The van der Waals surface area contributed by atoms with Crippen LogP contribution in [0.2, 0.25) is 0 Å². The van der Waals surface area contributed by atoms with Crippen LogP contribution >= 0.6 is 0 Å². The molecule has 0 bridgehead atoms. The minimum absolute atomic E-state index is 0.310. The van der Waals surface area contributed by atoms with Gasteiger partial charge >= 0.3 is 11.6 Å². The number of benzene rings is 2. The molecular formula is C24H27NO4. The fraction of sp³-hybridized carbons (Fsp3) is 0.333. The Labute approximate surface area is 170 Å². The molecule has 1 atom stereocenters. The minimum Gasteiger partial charge on any atom is -0.458 e. The van der Waals surface area contributed by atoms with Crippen molar-refractivity contribution < 1.29 is 13.9 Å². The van der Waals surface area contributed by atoms with Crippen molar-refractivity contribution in [3.8, 4) is 11.1 Å². The Morgan fingerprint density at radius 3 is 2.41 bits per heavy atom. The average molecular weight is 393 g/mol. The smallest absolute Gasteiger partial charge is 0.336 e. The fourth-order valence-corrected chi connectivity index (χ4v) is 3.24. The summed E-state index contributed by atoms with van der Waals surface area (Å²) in [5.74, 6) is -0.310. The molecule has 0 saturated carbocycles. The summed E-state index contributed by atoms with van der Waals surface area (Å²) in [7, 11) is 1.82. The first kappa shape index (κ1) is 20.6. The zero-order valence-electron chi connectivity index (χ0n) is 17.8. The molecule has 5 heteroatoms. The molecule has 3 aromatic rings. The predicted octanol–water partition coefficient (Wildman–Crippen LogP) is 4.93. The third-order valence-electron chi connectivity index (χ3n) is 4.90. The number of fused-ring (bicyclic) bond motifs is 1. The second-order valence-corrected chi connectivity index (χ2v) is 8.29. The quantitative estimate of drug-likeness (QED) is 0.464. The van der Waals surface area contributed by atoms with Gasteiger partial charge in [-0.15, -0.1) is 0 Å². The van der Waals surface area contributed by atoms with Crippen molar-refractivity contribution in [2.45, 2.75) is 46.3 Å². The molecule has 1 heterocycles. The van der Waals surface area contributed by atoms with Crippen LogP contribution in [0.25, 0.3) is 22.1 Å². The number of anilines is 1. The Morgan fingerprint density at radius 1 is 1.07 bits per heavy atom. The SMILES string of the molecule is Cc1ccccc1-c1cc(=O)oc2cc(N(C)[C@H](C)C(=O)OC(C)(C)C)ccc12. The molecule has 2 aromatic carbocycles. The molecule has 0 fully saturated rings. The van der Waals surface area contributed by atoms with E-state index in [0.29, 0.717) is 5.58 Å². The zero-order valence-corrected chi connectivity index (χ0v) is 17.8. The molecule has 152 valence electrons. The van der Waals surface area contributed by atoms with Crippen molar-refractivity contribution >= 4 is 22.6 Å². The first-order valence-electron chi connectivity index (χ1n) is 9.66. The second-order valence-electron chi connectivity index (χ2n) is 8.29. The monoisotopic (exact) mass is 393 g/mol. The maximum atomic E-state index is 12.4. The van der Waals surface area contributed by atoms with Crippen LogP contribution < -0.4 is 10.5 Å². The van der Waals surface area contributed by atoms with E-state index in [0.717, 1.165) is 27.8 Å². The molecule has 3 rings (SSSR count). The summed E-state index contributed by atoms with van der Waals surface area (Å²) >= 11 is 0. The molecule has 0 amide bonds. The summed E-state index contributed by atoms with van der Waals surface area (Å²) in [6, 6.07) is 14.6. The maximum Gasteiger partial charge on any atom is 0.336 e. The number of carbonyl (C=O) groups excluding carboxylic acids is 1. The van der Waals surface area contributed by atoms with E-state index in [1.807, 2.05) is 76.0 Å². The van der Waals surface area contributed by atoms with Crippen LogP contribution in [-0.4, -0.2) is 24.7 Å². The zero-order chi connectivity index (χ0) is 21.3. The van der Waals surface area contributed by atoms with Gasteiger partial charge in [-0.1, -0.05) is 24.3 Å². The standard InChI is InChI=1S/C24H27NO4/c1-15-9-7-8-10-18(15)20-14-22(26)28-21-13-17(11-12-19(20)21)25(6)16(2)23(27)29-24(3,4)5/h7-14,16H,1-6H3/t16-/m1/s1. The number of nitrogens with zero attached hydrogens (tertiary/aromatic N) is 1. The van der Waals surface area contributed by atoms with Gasteiger partial charge in [-0.2, -0.15) is 0 Å². The molecule has 0 aliphatic heterocycles. The van der Waals surface area contributed by atoms with E-state index in [2.05, 4.69) is 0 Å². The second kappa shape index (κ2) is 7.74. The van der Waals surface area contributed by atoms with Crippen molar-refractivity contribution in [3.05, 3.63) is 64.5 Å². The molecule has 0 unspecified atom stereocenters. The third kappa shape index (κ3) is 4.50. The molecule has 0 aliphatic rings. The van der Waals surface area contributed by atoms with Crippen LogP contribution in [0, 0.1) is 6.92 Å². The molecule has 0 radical (unpaired) electrons. The lowest BCUT2D eigenvalue weighted by Crippen LogP contribution is -2.40. The van der Waals surface area contributed by atoms with Crippen LogP contribution in [0.15, 0.2) is 57.7 Å². The minimum atomic E-state index is -0.551. The number of ether oxygens (including phenoxy) is 1. The number of carbonyl (C=O) groups is 1. The molecular weight excluding hydrogens is 366 g/mol. The predicted molar refractivity (Wildman–Crippen MR) is 116 cm³/mol. The molecule has 5 nitrogen and oxygen atoms in total. The molecule has 0 saturated heterocycles. The average Bonchev–Trinajstić information content (AvgIpc) is 2.64. The summed E-state index contributed by atoms with van der Waals surface area (Å²) in [6.07, 6.45) is 0. The summed E-state index contributed by atoms with van der Waals surface area (Å²) in [6.45, 7) is 9.33. The van der Waals surface area contributed by atoms with Gasteiger partial charge in [0.25, 0.3) is 0 Å². The number of likely N-dealkylation sites (N-methyl/N-ethyl adjacent to an activating group) is 1. The van der Waals surface area contributed by atoms with E-state index in [-0.39, 0.29) is 5.97 Å². The van der Waals surface area contributed by atoms with E-state index in [1.165, 1.54) is 6.07 Å². The Bertz CT molecular complexity index is 1110. The van der Waals surface area contributed by atoms with Crippen molar-refractivity contribution in [2.75, 3.05) is 11.9 Å².